The van der Waals surface area contributed by atoms with Gasteiger partial charge in [0.25, 0.3) is 5.91 Å². The molecule has 1 heterocycles. The van der Waals surface area contributed by atoms with Crippen molar-refractivity contribution in [1.82, 2.24) is 14.7 Å². The van der Waals surface area contributed by atoms with Crippen molar-refractivity contribution < 1.29 is 14.3 Å². The van der Waals surface area contributed by atoms with Crippen molar-refractivity contribution in [3.63, 3.8) is 0 Å². The average molecular weight is 502 g/mol. The first-order valence-corrected chi connectivity index (χ1v) is 12.4. The third-order valence-corrected chi connectivity index (χ3v) is 6.64. The molecule has 0 unspecified atom stereocenters. The van der Waals surface area contributed by atoms with Gasteiger partial charge in [-0.1, -0.05) is 54.1 Å². The van der Waals surface area contributed by atoms with Crippen LogP contribution in [0.15, 0.2) is 78.9 Å². The van der Waals surface area contributed by atoms with Crippen LogP contribution in [0, 0.1) is 5.92 Å². The number of aryl methyl sites for hydroxylation is 1. The highest BCUT2D eigenvalue weighted by Gasteiger charge is 2.30. The summed E-state index contributed by atoms with van der Waals surface area (Å²) < 4.78 is 13.3. The second-order valence-corrected chi connectivity index (χ2v) is 9.42. The molecule has 1 aromatic heterocycles. The van der Waals surface area contributed by atoms with Gasteiger partial charge in [-0.25, -0.2) is 4.68 Å². The highest BCUT2D eigenvalue weighted by Crippen LogP contribution is 2.38. The highest BCUT2D eigenvalue weighted by atomic mass is 35.5. The van der Waals surface area contributed by atoms with Crippen LogP contribution in [0.25, 0.3) is 11.3 Å². The number of halogens is 1. The molecule has 4 aromatic rings. The molecule has 1 fully saturated rings. The smallest absolute Gasteiger partial charge is 0.254 e. The maximum absolute atomic E-state index is 13.7. The number of nitrogens with zero attached hydrogens (tertiary/aromatic N) is 3. The van der Waals surface area contributed by atoms with Crippen LogP contribution in [0.2, 0.25) is 5.02 Å². The fraction of sp³-hybridized carbons (Fsp3) is 0.241. The Morgan fingerprint density at radius 1 is 1.03 bits per heavy atom. The van der Waals surface area contributed by atoms with Gasteiger partial charge in [0.2, 0.25) is 5.88 Å². The molecule has 0 spiro atoms. The number of amides is 1. The van der Waals surface area contributed by atoms with Crippen molar-refractivity contribution in [3.05, 3.63) is 95.0 Å². The van der Waals surface area contributed by atoms with Crippen LogP contribution in [-0.2, 0) is 13.6 Å². The molecule has 184 valence electrons. The zero-order valence-electron chi connectivity index (χ0n) is 20.4. The lowest BCUT2D eigenvalue weighted by atomic mass is 10.1. The van der Waals surface area contributed by atoms with Gasteiger partial charge in [0, 0.05) is 24.7 Å². The normalized spacial score (nSPS) is 12.9. The molecule has 0 saturated heterocycles. The standard InChI is InChI=1S/C29H28ClN3O3/c1-32-29(36-26-11-7-6-10-25(26)30)24(27(31-32)21-8-4-3-5-9-21)19-33(18-20-12-13-20)28(34)22-14-16-23(35-2)17-15-22/h3-11,14-17,20H,12-13,18-19H2,1-2H3. The molecule has 5 rings (SSSR count). The lowest BCUT2D eigenvalue weighted by Gasteiger charge is -2.24. The van der Waals surface area contributed by atoms with Gasteiger partial charge in [-0.15, -0.1) is 0 Å². The first-order valence-electron chi connectivity index (χ1n) is 12.0. The molecular formula is C29H28ClN3O3. The van der Waals surface area contributed by atoms with E-state index in [-0.39, 0.29) is 5.91 Å². The first-order chi connectivity index (χ1) is 17.5. The van der Waals surface area contributed by atoms with Crippen molar-refractivity contribution in [2.45, 2.75) is 19.4 Å². The Hall–Kier alpha value is -3.77. The van der Waals surface area contributed by atoms with Crippen LogP contribution in [0.4, 0.5) is 0 Å². The van der Waals surface area contributed by atoms with Crippen molar-refractivity contribution in [2.24, 2.45) is 13.0 Å². The SMILES string of the molecule is COc1ccc(C(=O)N(Cc2c(-c3ccccc3)nn(C)c2Oc2ccccc2Cl)CC2CC2)cc1. The van der Waals surface area contributed by atoms with E-state index < -0.39 is 0 Å². The monoisotopic (exact) mass is 501 g/mol. The lowest BCUT2D eigenvalue weighted by molar-refractivity contribution is 0.0734. The van der Waals surface area contributed by atoms with E-state index in [0.717, 1.165) is 29.7 Å². The zero-order chi connectivity index (χ0) is 25.1. The number of carbonyl (C=O) groups is 1. The van der Waals surface area contributed by atoms with Crippen LogP contribution < -0.4 is 9.47 Å². The van der Waals surface area contributed by atoms with Crippen molar-refractivity contribution in [1.29, 1.82) is 0 Å². The summed E-state index contributed by atoms with van der Waals surface area (Å²) in [5.74, 6) is 2.30. The molecule has 0 aliphatic heterocycles. The summed E-state index contributed by atoms with van der Waals surface area (Å²) in [6.45, 7) is 1.04. The van der Waals surface area contributed by atoms with Crippen LogP contribution in [0.5, 0.6) is 17.4 Å². The van der Waals surface area contributed by atoms with Gasteiger partial charge in [0.15, 0.2) is 0 Å². The fourth-order valence-electron chi connectivity index (χ4n) is 4.22. The summed E-state index contributed by atoms with van der Waals surface area (Å²) in [6.07, 6.45) is 2.27. The van der Waals surface area contributed by atoms with Crippen molar-refractivity contribution >= 4 is 17.5 Å². The second-order valence-electron chi connectivity index (χ2n) is 9.01. The minimum atomic E-state index is -0.0314. The Bertz CT molecular complexity index is 1350. The number of aromatic nitrogens is 2. The molecule has 36 heavy (non-hydrogen) atoms. The molecule has 1 aliphatic rings. The molecule has 6 nitrogen and oxygen atoms in total. The minimum Gasteiger partial charge on any atom is -0.497 e. The van der Waals surface area contributed by atoms with Gasteiger partial charge < -0.3 is 14.4 Å². The molecule has 0 N–H and O–H groups in total. The van der Waals surface area contributed by atoms with Crippen molar-refractivity contribution in [2.75, 3.05) is 13.7 Å². The van der Waals surface area contributed by atoms with E-state index in [1.54, 1.807) is 17.9 Å². The first kappa shape index (κ1) is 23.9. The van der Waals surface area contributed by atoms with Crippen LogP contribution in [0.3, 0.4) is 0 Å². The van der Waals surface area contributed by atoms with Gasteiger partial charge in [-0.05, 0) is 55.2 Å². The second kappa shape index (κ2) is 10.5. The number of hydrogen-bond acceptors (Lipinski definition) is 4. The van der Waals surface area contributed by atoms with E-state index in [9.17, 15) is 4.79 Å². The summed E-state index contributed by atoms with van der Waals surface area (Å²) in [7, 11) is 3.46. The number of methoxy groups -OCH3 is 1. The quantitative estimate of drug-likeness (QED) is 0.259. The number of carbonyl (C=O) groups excluding carboxylic acids is 1. The number of para-hydroxylation sites is 1. The molecule has 7 heteroatoms. The van der Waals surface area contributed by atoms with Gasteiger partial charge >= 0.3 is 0 Å². The van der Waals surface area contributed by atoms with Crippen LogP contribution in [0.1, 0.15) is 28.8 Å². The molecule has 0 atom stereocenters. The average Bonchev–Trinajstić information content (AvgIpc) is 3.68. The summed E-state index contributed by atoms with van der Waals surface area (Å²) in [4.78, 5) is 15.6. The van der Waals surface area contributed by atoms with Gasteiger partial charge in [-0.3, -0.25) is 4.79 Å². The van der Waals surface area contributed by atoms with E-state index in [2.05, 4.69) is 0 Å². The van der Waals surface area contributed by atoms with Gasteiger partial charge in [-0.2, -0.15) is 5.10 Å². The van der Waals surface area contributed by atoms with Gasteiger partial charge in [0.1, 0.15) is 17.2 Å². The summed E-state index contributed by atoms with van der Waals surface area (Å²) in [6, 6.07) is 24.6. The van der Waals surface area contributed by atoms with Gasteiger partial charge in [0.05, 0.1) is 24.2 Å². The number of benzene rings is 3. The van der Waals surface area contributed by atoms with E-state index in [1.165, 1.54) is 0 Å². The van der Waals surface area contributed by atoms with E-state index in [4.69, 9.17) is 26.2 Å². The molecule has 1 aliphatic carbocycles. The lowest BCUT2D eigenvalue weighted by Crippen LogP contribution is -2.32. The molecule has 1 saturated carbocycles. The maximum atomic E-state index is 13.7. The Morgan fingerprint density at radius 3 is 2.39 bits per heavy atom. The topological polar surface area (TPSA) is 56.6 Å². The Labute approximate surface area is 216 Å². The third-order valence-electron chi connectivity index (χ3n) is 6.33. The Morgan fingerprint density at radius 2 is 1.72 bits per heavy atom. The van der Waals surface area contributed by atoms with E-state index >= 15 is 0 Å². The Kier molecular flexibility index (Phi) is 6.96. The summed E-state index contributed by atoms with van der Waals surface area (Å²) in [5.41, 5.74) is 3.20. The molecule has 0 radical (unpaired) electrons. The molecule has 3 aromatic carbocycles. The predicted octanol–water partition coefficient (Wildman–Crippen LogP) is 6.59. The number of ether oxygens (including phenoxy) is 2. The zero-order valence-corrected chi connectivity index (χ0v) is 21.1. The predicted molar refractivity (Wildman–Crippen MR) is 141 cm³/mol. The van der Waals surface area contributed by atoms with Crippen LogP contribution in [-0.4, -0.2) is 34.2 Å². The number of hydrogen-bond donors (Lipinski definition) is 0. The number of rotatable bonds is 9. The fourth-order valence-corrected chi connectivity index (χ4v) is 4.39. The highest BCUT2D eigenvalue weighted by molar-refractivity contribution is 6.32. The molecule has 0 bridgehead atoms. The minimum absolute atomic E-state index is 0.0314. The van der Waals surface area contributed by atoms with E-state index in [1.807, 2.05) is 84.7 Å². The Balaban J connectivity index is 1.55. The third kappa shape index (κ3) is 5.24. The van der Waals surface area contributed by atoms with Crippen LogP contribution >= 0.6 is 11.6 Å². The molecule has 1 amide bonds. The maximum Gasteiger partial charge on any atom is 0.254 e. The largest absolute Gasteiger partial charge is 0.497 e. The van der Waals surface area contributed by atoms with E-state index in [0.29, 0.717) is 47.0 Å². The summed E-state index contributed by atoms with van der Waals surface area (Å²) >= 11 is 6.41. The molecular weight excluding hydrogens is 474 g/mol. The summed E-state index contributed by atoms with van der Waals surface area (Å²) in [5, 5.41) is 5.31. The van der Waals surface area contributed by atoms with Crippen molar-refractivity contribution in [3.8, 4) is 28.6 Å².